The Morgan fingerprint density at radius 1 is 0.724 bits per heavy atom. The molecule has 142 valence electrons. The van der Waals surface area contributed by atoms with Gasteiger partial charge in [0.25, 0.3) is 0 Å². The summed E-state index contributed by atoms with van der Waals surface area (Å²) in [6, 6.07) is 33.1. The van der Waals surface area contributed by atoms with Crippen molar-refractivity contribution in [3.05, 3.63) is 108 Å². The monoisotopic (exact) mass is 380 g/mol. The number of methoxy groups -OCH3 is 1. The van der Waals surface area contributed by atoms with Crippen LogP contribution in [0.25, 0.3) is 0 Å². The van der Waals surface area contributed by atoms with Crippen LogP contribution in [0.15, 0.2) is 91.0 Å². The molecule has 4 atom stereocenters. The van der Waals surface area contributed by atoms with Gasteiger partial charge in [0.1, 0.15) is 18.2 Å². The summed E-state index contributed by atoms with van der Waals surface area (Å²) >= 11 is 0. The Morgan fingerprint density at radius 2 is 1.17 bits per heavy atom. The van der Waals surface area contributed by atoms with E-state index in [0.717, 1.165) is 5.56 Å². The van der Waals surface area contributed by atoms with E-state index in [1.54, 1.807) is 7.11 Å². The predicted molar refractivity (Wildman–Crippen MR) is 109 cm³/mol. The maximum absolute atomic E-state index is 10.4. The smallest absolute Gasteiger partial charge is 0.208 e. The number of hydrogen-bond acceptors (Lipinski definition) is 4. The number of nitriles is 2. The standard InChI is InChI=1S/C25H20N2O2/c1-28-23-22(19-11-5-2-6-12-19)24(17-26,20-13-7-3-8-14-20)29-25(23,18-27)21-15-9-4-10-16-21/h2-16,22-23H,1H3/t22-,23+,24-,25+/m0/s1. The summed E-state index contributed by atoms with van der Waals surface area (Å²) < 4.78 is 12.4. The van der Waals surface area contributed by atoms with Crippen molar-refractivity contribution >= 4 is 0 Å². The molecular formula is C25H20N2O2. The number of rotatable bonds is 4. The average Bonchev–Trinajstić information content (AvgIpc) is 3.12. The second-order valence-corrected chi connectivity index (χ2v) is 7.07. The van der Waals surface area contributed by atoms with E-state index in [2.05, 4.69) is 12.1 Å². The van der Waals surface area contributed by atoms with Crippen LogP contribution >= 0.6 is 0 Å². The molecule has 0 saturated carbocycles. The van der Waals surface area contributed by atoms with Gasteiger partial charge in [-0.15, -0.1) is 0 Å². The molecule has 3 aromatic carbocycles. The Balaban J connectivity index is 2.02. The second kappa shape index (κ2) is 7.53. The molecular weight excluding hydrogens is 360 g/mol. The van der Waals surface area contributed by atoms with Gasteiger partial charge in [-0.3, -0.25) is 0 Å². The largest absolute Gasteiger partial charge is 0.376 e. The van der Waals surface area contributed by atoms with Crippen molar-refractivity contribution in [2.75, 3.05) is 7.11 Å². The minimum Gasteiger partial charge on any atom is -0.376 e. The summed E-state index contributed by atoms with van der Waals surface area (Å²) in [7, 11) is 1.57. The van der Waals surface area contributed by atoms with E-state index in [1.165, 1.54) is 0 Å². The molecule has 29 heavy (non-hydrogen) atoms. The van der Waals surface area contributed by atoms with Gasteiger partial charge in [-0.05, 0) is 11.1 Å². The highest BCUT2D eigenvalue weighted by atomic mass is 16.6. The Kier molecular flexibility index (Phi) is 4.91. The summed E-state index contributed by atoms with van der Waals surface area (Å²) in [5.74, 6) is -0.499. The first-order chi connectivity index (χ1) is 14.2. The summed E-state index contributed by atoms with van der Waals surface area (Å²) in [6.45, 7) is 0. The van der Waals surface area contributed by atoms with Crippen LogP contribution in [0.2, 0.25) is 0 Å². The van der Waals surface area contributed by atoms with Crippen molar-refractivity contribution < 1.29 is 9.47 Å². The predicted octanol–water partition coefficient (Wildman–Crippen LogP) is 4.65. The Morgan fingerprint density at radius 3 is 1.62 bits per heavy atom. The van der Waals surface area contributed by atoms with Crippen LogP contribution in [0.1, 0.15) is 22.6 Å². The molecule has 0 bridgehead atoms. The van der Waals surface area contributed by atoms with Crippen LogP contribution in [0.4, 0.5) is 0 Å². The Labute approximate surface area is 170 Å². The first kappa shape index (κ1) is 18.9. The molecule has 0 unspecified atom stereocenters. The molecule has 4 rings (SSSR count). The van der Waals surface area contributed by atoms with Gasteiger partial charge in [0.15, 0.2) is 5.60 Å². The maximum atomic E-state index is 10.4. The van der Waals surface area contributed by atoms with Gasteiger partial charge in [-0.1, -0.05) is 91.0 Å². The second-order valence-electron chi connectivity index (χ2n) is 7.07. The van der Waals surface area contributed by atoms with Gasteiger partial charge in [0.05, 0.1) is 5.92 Å². The molecule has 0 aliphatic carbocycles. The van der Waals surface area contributed by atoms with Crippen molar-refractivity contribution in [3.8, 4) is 12.1 Å². The normalized spacial score (nSPS) is 28.4. The van der Waals surface area contributed by atoms with Gasteiger partial charge in [0, 0.05) is 12.7 Å². The van der Waals surface area contributed by atoms with Gasteiger partial charge in [-0.25, -0.2) is 0 Å². The minimum atomic E-state index is -1.43. The number of nitrogens with zero attached hydrogens (tertiary/aromatic N) is 2. The van der Waals surface area contributed by atoms with Crippen molar-refractivity contribution in [3.63, 3.8) is 0 Å². The van der Waals surface area contributed by atoms with Crippen molar-refractivity contribution in [1.82, 2.24) is 0 Å². The molecule has 1 aliphatic heterocycles. The summed E-state index contributed by atoms with van der Waals surface area (Å²) in [5, 5.41) is 20.8. The van der Waals surface area contributed by atoms with Crippen LogP contribution in [0.3, 0.4) is 0 Å². The average molecular weight is 380 g/mol. The molecule has 0 amide bonds. The zero-order valence-electron chi connectivity index (χ0n) is 16.0. The molecule has 0 spiro atoms. The van der Waals surface area contributed by atoms with E-state index in [1.807, 2.05) is 91.0 Å². The quantitative estimate of drug-likeness (QED) is 0.661. The van der Waals surface area contributed by atoms with E-state index in [4.69, 9.17) is 9.47 Å². The highest BCUT2D eigenvalue weighted by molar-refractivity contribution is 5.46. The Bertz CT molecular complexity index is 1060. The highest BCUT2D eigenvalue weighted by Crippen LogP contribution is 2.57. The first-order valence-corrected chi connectivity index (χ1v) is 9.43. The Hall–Kier alpha value is -3.44. The lowest BCUT2D eigenvalue weighted by molar-refractivity contribution is -0.0840. The van der Waals surface area contributed by atoms with Crippen LogP contribution < -0.4 is 0 Å². The zero-order valence-corrected chi connectivity index (χ0v) is 16.0. The van der Waals surface area contributed by atoms with Crippen molar-refractivity contribution in [1.29, 1.82) is 10.5 Å². The van der Waals surface area contributed by atoms with Crippen molar-refractivity contribution in [2.45, 2.75) is 23.2 Å². The van der Waals surface area contributed by atoms with E-state index in [9.17, 15) is 10.5 Å². The number of hydrogen-bond donors (Lipinski definition) is 0. The molecule has 4 nitrogen and oxygen atoms in total. The molecule has 1 fully saturated rings. The molecule has 0 N–H and O–H groups in total. The van der Waals surface area contributed by atoms with Gasteiger partial charge < -0.3 is 9.47 Å². The van der Waals surface area contributed by atoms with Gasteiger partial charge >= 0.3 is 0 Å². The lowest BCUT2D eigenvalue weighted by atomic mass is 9.73. The van der Waals surface area contributed by atoms with Crippen molar-refractivity contribution in [2.24, 2.45) is 0 Å². The molecule has 1 saturated heterocycles. The van der Waals surface area contributed by atoms with Gasteiger partial charge in [-0.2, -0.15) is 10.5 Å². The molecule has 0 radical (unpaired) electrons. The topological polar surface area (TPSA) is 66.0 Å². The summed E-state index contributed by atoms with van der Waals surface area (Å²) in [6.07, 6.45) is -0.683. The molecule has 4 heteroatoms. The third-order valence-electron chi connectivity index (χ3n) is 5.61. The summed E-state index contributed by atoms with van der Waals surface area (Å²) in [5.41, 5.74) is -0.552. The molecule has 0 aromatic heterocycles. The maximum Gasteiger partial charge on any atom is 0.208 e. The van der Waals surface area contributed by atoms with E-state index >= 15 is 0 Å². The lowest BCUT2D eigenvalue weighted by Gasteiger charge is -2.29. The minimum absolute atomic E-state index is 0.499. The first-order valence-electron chi connectivity index (χ1n) is 9.43. The third-order valence-corrected chi connectivity index (χ3v) is 5.61. The fourth-order valence-corrected chi connectivity index (χ4v) is 4.34. The number of ether oxygens (including phenoxy) is 2. The zero-order chi connectivity index (χ0) is 20.3. The van der Waals surface area contributed by atoms with Crippen LogP contribution in [0.5, 0.6) is 0 Å². The molecule has 1 heterocycles. The lowest BCUT2D eigenvalue weighted by Crippen LogP contribution is -2.38. The summed E-state index contributed by atoms with van der Waals surface area (Å²) in [4.78, 5) is 0. The van der Waals surface area contributed by atoms with E-state index < -0.39 is 23.2 Å². The molecule has 1 aliphatic rings. The molecule has 3 aromatic rings. The van der Waals surface area contributed by atoms with Crippen LogP contribution in [0, 0.1) is 22.7 Å². The highest BCUT2D eigenvalue weighted by Gasteiger charge is 2.66. The fourth-order valence-electron chi connectivity index (χ4n) is 4.34. The SMILES string of the molecule is CO[C@@H]1[C@H](c2ccccc2)[C@](C#N)(c2ccccc2)O[C@]1(C#N)c1ccccc1. The van der Waals surface area contributed by atoms with E-state index in [-0.39, 0.29) is 0 Å². The van der Waals surface area contributed by atoms with E-state index in [0.29, 0.717) is 11.1 Å². The van der Waals surface area contributed by atoms with Gasteiger partial charge in [0.2, 0.25) is 5.60 Å². The van der Waals surface area contributed by atoms with Crippen LogP contribution in [-0.2, 0) is 20.7 Å². The fraction of sp³-hybridized carbons (Fsp3) is 0.200. The number of benzene rings is 3. The third kappa shape index (κ3) is 2.82. The van der Waals surface area contributed by atoms with Crippen LogP contribution in [-0.4, -0.2) is 13.2 Å².